The van der Waals surface area contributed by atoms with E-state index in [4.69, 9.17) is 25.8 Å². The van der Waals surface area contributed by atoms with E-state index in [9.17, 15) is 13.2 Å². The van der Waals surface area contributed by atoms with Crippen molar-refractivity contribution < 1.29 is 27.4 Å². The van der Waals surface area contributed by atoms with Gasteiger partial charge < -0.3 is 19.5 Å². The predicted molar refractivity (Wildman–Crippen MR) is 134 cm³/mol. The molecule has 0 saturated heterocycles. The van der Waals surface area contributed by atoms with E-state index in [0.29, 0.717) is 33.5 Å². The third-order valence-corrected chi connectivity index (χ3v) is 6.26. The smallest absolute Gasteiger partial charge is 0.280 e. The van der Waals surface area contributed by atoms with Crippen LogP contribution in [-0.2, 0) is 14.8 Å². The van der Waals surface area contributed by atoms with Gasteiger partial charge in [-0.25, -0.2) is 0 Å². The predicted octanol–water partition coefficient (Wildman–Crippen LogP) is 4.08. The van der Waals surface area contributed by atoms with Crippen molar-refractivity contribution in [2.45, 2.75) is 11.8 Å². The molecule has 0 aliphatic rings. The monoisotopic (exact) mass is 517 g/mol. The standard InChI is InChI=1S/C24H24ClN3O6S/c1-16(27-28-35(30,31)23-13-12-21(32-2)14-22(23)33-3)17-4-8-19(9-5-17)26-24(29)15-34-20-10-6-18(25)7-11-20/h4-14,28H,15H2,1-3H3,(H,26,29). The van der Waals surface area contributed by atoms with Gasteiger partial charge >= 0.3 is 0 Å². The Bertz CT molecular complexity index is 1310. The molecule has 0 aliphatic carbocycles. The average Bonchev–Trinajstić information content (AvgIpc) is 2.87. The lowest BCUT2D eigenvalue weighted by Gasteiger charge is -2.11. The van der Waals surface area contributed by atoms with Crippen LogP contribution in [0, 0.1) is 0 Å². The molecule has 3 aromatic rings. The zero-order chi connectivity index (χ0) is 25.4. The van der Waals surface area contributed by atoms with E-state index >= 15 is 0 Å². The zero-order valence-corrected chi connectivity index (χ0v) is 20.8. The molecule has 0 heterocycles. The lowest BCUT2D eigenvalue weighted by atomic mass is 10.1. The molecule has 184 valence electrons. The summed E-state index contributed by atoms with van der Waals surface area (Å²) < 4.78 is 41.1. The van der Waals surface area contributed by atoms with E-state index in [2.05, 4.69) is 15.2 Å². The molecule has 3 aromatic carbocycles. The van der Waals surface area contributed by atoms with Gasteiger partial charge in [0, 0.05) is 16.8 Å². The van der Waals surface area contributed by atoms with Gasteiger partial charge in [-0.3, -0.25) is 4.79 Å². The molecule has 0 saturated carbocycles. The van der Waals surface area contributed by atoms with E-state index in [1.165, 1.54) is 32.4 Å². The van der Waals surface area contributed by atoms with E-state index in [0.717, 1.165) is 0 Å². The summed E-state index contributed by atoms with van der Waals surface area (Å²) >= 11 is 5.82. The Morgan fingerprint density at radius 1 is 0.943 bits per heavy atom. The van der Waals surface area contributed by atoms with Crippen LogP contribution in [0.25, 0.3) is 0 Å². The first-order valence-electron chi connectivity index (χ1n) is 10.3. The zero-order valence-electron chi connectivity index (χ0n) is 19.2. The number of nitrogens with zero attached hydrogens (tertiary/aromatic N) is 1. The number of halogens is 1. The largest absolute Gasteiger partial charge is 0.497 e. The van der Waals surface area contributed by atoms with Gasteiger partial charge in [0.05, 0.1) is 19.9 Å². The van der Waals surface area contributed by atoms with Crippen LogP contribution in [0.2, 0.25) is 5.02 Å². The van der Waals surface area contributed by atoms with Crippen molar-refractivity contribution in [3.8, 4) is 17.2 Å². The number of amides is 1. The first-order valence-corrected chi connectivity index (χ1v) is 12.1. The van der Waals surface area contributed by atoms with Crippen LogP contribution in [0.15, 0.2) is 76.7 Å². The van der Waals surface area contributed by atoms with Crippen LogP contribution in [-0.4, -0.2) is 40.9 Å². The molecule has 0 aromatic heterocycles. The molecule has 0 aliphatic heterocycles. The van der Waals surface area contributed by atoms with Crippen molar-refractivity contribution in [1.82, 2.24) is 4.83 Å². The van der Waals surface area contributed by atoms with Crippen LogP contribution in [0.5, 0.6) is 17.2 Å². The van der Waals surface area contributed by atoms with Crippen LogP contribution in [0.1, 0.15) is 12.5 Å². The molecule has 0 radical (unpaired) electrons. The molecule has 0 atom stereocenters. The second-order valence-corrected chi connectivity index (χ2v) is 9.24. The molecule has 9 nitrogen and oxygen atoms in total. The van der Waals surface area contributed by atoms with E-state index in [1.54, 1.807) is 55.5 Å². The van der Waals surface area contributed by atoms with Gasteiger partial charge in [-0.05, 0) is 61.0 Å². The Hall–Kier alpha value is -3.76. The van der Waals surface area contributed by atoms with E-state index < -0.39 is 10.0 Å². The maximum atomic E-state index is 12.7. The minimum absolute atomic E-state index is 0.0729. The van der Waals surface area contributed by atoms with Crippen molar-refractivity contribution in [3.05, 3.63) is 77.3 Å². The number of carbonyl (C=O) groups excluding carboxylic acids is 1. The number of methoxy groups -OCH3 is 2. The van der Waals surface area contributed by atoms with Crippen molar-refractivity contribution in [3.63, 3.8) is 0 Å². The average molecular weight is 518 g/mol. The van der Waals surface area contributed by atoms with Gasteiger partial charge in [0.15, 0.2) is 6.61 Å². The molecule has 2 N–H and O–H groups in total. The van der Waals surface area contributed by atoms with Crippen LogP contribution in [0.3, 0.4) is 0 Å². The van der Waals surface area contributed by atoms with Gasteiger partial charge in [-0.15, -0.1) is 0 Å². The van der Waals surface area contributed by atoms with E-state index in [-0.39, 0.29) is 23.2 Å². The quantitative estimate of drug-likeness (QED) is 0.309. The van der Waals surface area contributed by atoms with Crippen LogP contribution >= 0.6 is 11.6 Å². The van der Waals surface area contributed by atoms with Crippen LogP contribution < -0.4 is 24.4 Å². The number of nitrogens with one attached hydrogen (secondary N) is 2. The summed E-state index contributed by atoms with van der Waals surface area (Å²) in [6, 6.07) is 17.8. The van der Waals surface area contributed by atoms with Gasteiger partial charge in [0.25, 0.3) is 15.9 Å². The van der Waals surface area contributed by atoms with Gasteiger partial charge in [0.2, 0.25) is 0 Å². The molecule has 11 heteroatoms. The summed E-state index contributed by atoms with van der Waals surface area (Å²) in [5.41, 5.74) is 1.63. The molecule has 3 rings (SSSR count). The SMILES string of the molecule is COc1ccc(S(=O)(=O)NN=C(C)c2ccc(NC(=O)COc3ccc(Cl)cc3)cc2)c(OC)c1. The van der Waals surface area contributed by atoms with Crippen molar-refractivity contribution in [1.29, 1.82) is 0 Å². The minimum atomic E-state index is -3.98. The minimum Gasteiger partial charge on any atom is -0.497 e. The number of hydrogen-bond acceptors (Lipinski definition) is 7. The Labute approximate surface area is 208 Å². The van der Waals surface area contributed by atoms with Crippen molar-refractivity contribution in [2.75, 3.05) is 26.1 Å². The first kappa shape index (κ1) is 25.9. The van der Waals surface area contributed by atoms with Crippen molar-refractivity contribution >= 4 is 38.9 Å². The number of rotatable bonds is 10. The number of sulfonamides is 1. The second-order valence-electron chi connectivity index (χ2n) is 7.18. The summed E-state index contributed by atoms with van der Waals surface area (Å²) in [5, 5.41) is 7.30. The number of carbonyl (C=O) groups is 1. The number of ether oxygens (including phenoxy) is 3. The normalized spacial score (nSPS) is 11.5. The summed E-state index contributed by atoms with van der Waals surface area (Å²) in [4.78, 5) is 14.3. The number of anilines is 1. The highest BCUT2D eigenvalue weighted by atomic mass is 35.5. The van der Waals surface area contributed by atoms with Gasteiger partial charge in [0.1, 0.15) is 22.1 Å². The number of hydrazone groups is 1. The number of hydrogen-bond donors (Lipinski definition) is 2. The molecule has 0 spiro atoms. The maximum Gasteiger partial charge on any atom is 0.280 e. The first-order chi connectivity index (χ1) is 16.7. The van der Waals surface area contributed by atoms with Crippen molar-refractivity contribution in [2.24, 2.45) is 5.10 Å². The Kier molecular flexibility index (Phi) is 8.56. The third kappa shape index (κ3) is 7.11. The topological polar surface area (TPSA) is 115 Å². The Morgan fingerprint density at radius 3 is 2.23 bits per heavy atom. The van der Waals surface area contributed by atoms with Crippen LogP contribution in [0.4, 0.5) is 5.69 Å². The van der Waals surface area contributed by atoms with Gasteiger partial charge in [-0.2, -0.15) is 18.4 Å². The molecular formula is C24H24ClN3O6S. The summed E-state index contributed by atoms with van der Waals surface area (Å²) in [6.45, 7) is 1.49. The molecule has 0 bridgehead atoms. The fourth-order valence-corrected chi connectivity index (χ4v) is 4.05. The fourth-order valence-electron chi connectivity index (χ4n) is 2.91. The highest BCUT2D eigenvalue weighted by Gasteiger charge is 2.20. The summed E-state index contributed by atoms with van der Waals surface area (Å²) in [5.74, 6) is 0.787. The maximum absolute atomic E-state index is 12.7. The summed E-state index contributed by atoms with van der Waals surface area (Å²) in [6.07, 6.45) is 0. The Balaban J connectivity index is 1.60. The fraction of sp³-hybridized carbons (Fsp3) is 0.167. The molecule has 1 amide bonds. The molecule has 35 heavy (non-hydrogen) atoms. The number of benzene rings is 3. The molecular weight excluding hydrogens is 494 g/mol. The van der Waals surface area contributed by atoms with E-state index in [1.807, 2.05) is 0 Å². The lowest BCUT2D eigenvalue weighted by molar-refractivity contribution is -0.118. The van der Waals surface area contributed by atoms with Gasteiger partial charge in [-0.1, -0.05) is 23.7 Å². The summed E-state index contributed by atoms with van der Waals surface area (Å²) in [7, 11) is -1.14. The molecule has 0 unspecified atom stereocenters. The second kappa shape index (κ2) is 11.6. The highest BCUT2D eigenvalue weighted by molar-refractivity contribution is 7.89. The third-order valence-electron chi connectivity index (χ3n) is 4.76. The highest BCUT2D eigenvalue weighted by Crippen LogP contribution is 2.28. The molecule has 0 fully saturated rings. The lowest BCUT2D eigenvalue weighted by Crippen LogP contribution is -2.21. The Morgan fingerprint density at radius 2 is 1.60 bits per heavy atom.